The number of rotatable bonds is 3. The van der Waals surface area contributed by atoms with Crippen LogP contribution >= 0.6 is 0 Å². The van der Waals surface area contributed by atoms with Crippen molar-refractivity contribution >= 4 is 11.5 Å². The number of ketones is 1. The van der Waals surface area contributed by atoms with E-state index in [-0.39, 0.29) is 23.4 Å². The lowest BCUT2D eigenvalue weighted by atomic mass is 10.2. The molecule has 7 heteroatoms. The van der Waals surface area contributed by atoms with E-state index < -0.39 is 4.92 Å². The molecule has 1 aliphatic heterocycles. The Kier molecular flexibility index (Phi) is 3.19. The molecule has 0 bridgehead atoms. The van der Waals surface area contributed by atoms with Gasteiger partial charge in [-0.1, -0.05) is 0 Å². The summed E-state index contributed by atoms with van der Waals surface area (Å²) in [5.41, 5.74) is -0.242. The van der Waals surface area contributed by atoms with Crippen molar-refractivity contribution in [2.45, 2.75) is 32.4 Å². The summed E-state index contributed by atoms with van der Waals surface area (Å²) in [6, 6.07) is 0. The summed E-state index contributed by atoms with van der Waals surface area (Å²) in [4.78, 5) is 21.7. The third kappa shape index (κ3) is 2.19. The second-order valence-corrected chi connectivity index (χ2v) is 3.96. The van der Waals surface area contributed by atoms with Gasteiger partial charge in [-0.05, 0) is 19.3 Å². The molecule has 2 rings (SSSR count). The maximum Gasteiger partial charge on any atom is 0.318 e. The quantitative estimate of drug-likeness (QED) is 0.455. The Labute approximate surface area is 97.5 Å². The van der Waals surface area contributed by atoms with Crippen LogP contribution in [0.2, 0.25) is 0 Å². The van der Waals surface area contributed by atoms with Gasteiger partial charge in [-0.25, -0.2) is 4.68 Å². The minimum Gasteiger partial charge on any atom is -0.356 e. The summed E-state index contributed by atoms with van der Waals surface area (Å²) < 4.78 is 6.81. The molecule has 0 amide bonds. The van der Waals surface area contributed by atoms with Crippen molar-refractivity contribution in [2.24, 2.45) is 0 Å². The molecule has 92 valence electrons. The summed E-state index contributed by atoms with van der Waals surface area (Å²) >= 11 is 0. The van der Waals surface area contributed by atoms with E-state index in [1.54, 1.807) is 0 Å². The number of carbonyl (C=O) groups excluding carboxylic acids is 1. The Morgan fingerprint density at radius 3 is 2.94 bits per heavy atom. The van der Waals surface area contributed by atoms with Gasteiger partial charge in [0, 0.05) is 13.5 Å². The van der Waals surface area contributed by atoms with E-state index in [4.69, 9.17) is 4.74 Å². The molecule has 0 N–H and O–H groups in total. The normalized spacial score (nSPS) is 20.2. The first-order chi connectivity index (χ1) is 8.11. The summed E-state index contributed by atoms with van der Waals surface area (Å²) in [6.07, 6.45) is 3.40. The number of ether oxygens (including phenoxy) is 1. The van der Waals surface area contributed by atoms with Gasteiger partial charge in [0.15, 0.2) is 17.7 Å². The van der Waals surface area contributed by atoms with Gasteiger partial charge in [0.25, 0.3) is 0 Å². The second-order valence-electron chi connectivity index (χ2n) is 3.96. The topological polar surface area (TPSA) is 87.3 Å². The van der Waals surface area contributed by atoms with Crippen molar-refractivity contribution in [3.63, 3.8) is 0 Å². The molecule has 0 spiro atoms. The first kappa shape index (κ1) is 11.7. The van der Waals surface area contributed by atoms with E-state index in [2.05, 4.69) is 5.10 Å². The SMILES string of the molecule is CC(=O)c1c([N+](=O)[O-])cnn1[C@H]1CCCCO1. The van der Waals surface area contributed by atoms with E-state index >= 15 is 0 Å². The maximum atomic E-state index is 11.5. The summed E-state index contributed by atoms with van der Waals surface area (Å²) in [5, 5.41) is 14.7. The zero-order valence-electron chi connectivity index (χ0n) is 9.46. The molecule has 1 saturated heterocycles. The molecule has 0 unspecified atom stereocenters. The van der Waals surface area contributed by atoms with Gasteiger partial charge >= 0.3 is 5.69 Å². The van der Waals surface area contributed by atoms with E-state index in [0.717, 1.165) is 25.5 Å². The average Bonchev–Trinajstić information content (AvgIpc) is 2.74. The first-order valence-electron chi connectivity index (χ1n) is 5.45. The molecular weight excluding hydrogens is 226 g/mol. The van der Waals surface area contributed by atoms with Crippen molar-refractivity contribution in [1.82, 2.24) is 9.78 Å². The van der Waals surface area contributed by atoms with Crippen LogP contribution in [0.1, 0.15) is 42.9 Å². The largest absolute Gasteiger partial charge is 0.356 e. The lowest BCUT2D eigenvalue weighted by Gasteiger charge is -2.23. The Hall–Kier alpha value is -1.76. The number of nitrogens with zero attached hydrogens (tertiary/aromatic N) is 3. The Morgan fingerprint density at radius 2 is 2.41 bits per heavy atom. The molecule has 1 aromatic heterocycles. The molecule has 0 aliphatic carbocycles. The smallest absolute Gasteiger partial charge is 0.318 e. The van der Waals surface area contributed by atoms with Crippen molar-refractivity contribution in [2.75, 3.05) is 6.61 Å². The number of nitro groups is 1. The molecular formula is C10H13N3O4. The van der Waals surface area contributed by atoms with E-state index in [1.807, 2.05) is 0 Å². The maximum absolute atomic E-state index is 11.5. The predicted octanol–water partition coefficient (Wildman–Crippen LogP) is 1.69. The van der Waals surface area contributed by atoms with Crippen LogP contribution in [0.4, 0.5) is 5.69 Å². The highest BCUT2D eigenvalue weighted by molar-refractivity contribution is 5.96. The molecule has 7 nitrogen and oxygen atoms in total. The number of carbonyl (C=O) groups is 1. The molecule has 0 saturated carbocycles. The zero-order chi connectivity index (χ0) is 12.4. The summed E-state index contributed by atoms with van der Waals surface area (Å²) in [7, 11) is 0. The van der Waals surface area contributed by atoms with Crippen LogP contribution in [-0.4, -0.2) is 27.1 Å². The fourth-order valence-electron chi connectivity index (χ4n) is 1.96. The highest BCUT2D eigenvalue weighted by Gasteiger charge is 2.29. The Bertz CT molecular complexity index is 448. The Balaban J connectivity index is 2.39. The lowest BCUT2D eigenvalue weighted by molar-refractivity contribution is -0.385. The van der Waals surface area contributed by atoms with Crippen LogP contribution in [0.5, 0.6) is 0 Å². The van der Waals surface area contributed by atoms with Crippen LogP contribution < -0.4 is 0 Å². The van der Waals surface area contributed by atoms with Crippen LogP contribution in [0.3, 0.4) is 0 Å². The molecule has 1 aromatic rings. The average molecular weight is 239 g/mol. The molecule has 2 heterocycles. The summed E-state index contributed by atoms with van der Waals surface area (Å²) in [5.74, 6) is -0.372. The van der Waals surface area contributed by atoms with Gasteiger partial charge in [-0.15, -0.1) is 0 Å². The van der Waals surface area contributed by atoms with E-state index in [1.165, 1.54) is 11.6 Å². The molecule has 1 fully saturated rings. The van der Waals surface area contributed by atoms with Gasteiger partial charge < -0.3 is 4.74 Å². The molecule has 1 aliphatic rings. The van der Waals surface area contributed by atoms with Crippen LogP contribution in [-0.2, 0) is 4.74 Å². The molecule has 1 atom stereocenters. The number of hydrogen-bond donors (Lipinski definition) is 0. The third-order valence-corrected chi connectivity index (χ3v) is 2.73. The van der Waals surface area contributed by atoms with Crippen molar-refractivity contribution < 1.29 is 14.5 Å². The van der Waals surface area contributed by atoms with Gasteiger partial charge in [0.1, 0.15) is 6.20 Å². The highest BCUT2D eigenvalue weighted by atomic mass is 16.6. The Morgan fingerprint density at radius 1 is 1.65 bits per heavy atom. The van der Waals surface area contributed by atoms with Crippen LogP contribution in [0.25, 0.3) is 0 Å². The molecule has 0 aromatic carbocycles. The predicted molar refractivity (Wildman–Crippen MR) is 57.7 cm³/mol. The third-order valence-electron chi connectivity index (χ3n) is 2.73. The molecule has 17 heavy (non-hydrogen) atoms. The zero-order valence-corrected chi connectivity index (χ0v) is 9.46. The second kappa shape index (κ2) is 4.62. The van der Waals surface area contributed by atoms with Crippen molar-refractivity contribution in [3.05, 3.63) is 22.0 Å². The standard InChI is InChI=1S/C10H13N3O4/c1-7(14)10-8(13(15)16)6-11-12(10)9-4-2-3-5-17-9/h6,9H,2-5H2,1H3/t9-/m1/s1. The lowest BCUT2D eigenvalue weighted by Crippen LogP contribution is -2.22. The molecule has 0 radical (unpaired) electrons. The number of aromatic nitrogens is 2. The number of hydrogen-bond acceptors (Lipinski definition) is 5. The fourth-order valence-corrected chi connectivity index (χ4v) is 1.96. The van der Waals surface area contributed by atoms with E-state index in [9.17, 15) is 14.9 Å². The van der Waals surface area contributed by atoms with Gasteiger partial charge in [0.05, 0.1) is 4.92 Å². The van der Waals surface area contributed by atoms with Gasteiger partial charge in [-0.2, -0.15) is 5.10 Å². The van der Waals surface area contributed by atoms with Gasteiger partial charge in [0.2, 0.25) is 0 Å². The monoisotopic (exact) mass is 239 g/mol. The van der Waals surface area contributed by atoms with Gasteiger partial charge in [-0.3, -0.25) is 14.9 Å². The minimum atomic E-state index is -0.594. The van der Waals surface area contributed by atoms with Crippen LogP contribution in [0.15, 0.2) is 6.20 Å². The minimum absolute atomic E-state index is 0.0156. The van der Waals surface area contributed by atoms with E-state index in [0.29, 0.717) is 6.61 Å². The fraction of sp³-hybridized carbons (Fsp3) is 0.600. The number of Topliss-reactive ketones (excluding diaryl/α,β-unsaturated/α-hetero) is 1. The summed E-state index contributed by atoms with van der Waals surface area (Å²) in [6.45, 7) is 1.89. The first-order valence-corrected chi connectivity index (χ1v) is 5.45. The van der Waals surface area contributed by atoms with Crippen LogP contribution in [0, 0.1) is 10.1 Å². The highest BCUT2D eigenvalue weighted by Crippen LogP contribution is 2.27. The van der Waals surface area contributed by atoms with Crippen molar-refractivity contribution in [1.29, 1.82) is 0 Å². The van der Waals surface area contributed by atoms with Crippen molar-refractivity contribution in [3.8, 4) is 0 Å².